The summed E-state index contributed by atoms with van der Waals surface area (Å²) in [5.41, 5.74) is 8.26. The van der Waals surface area contributed by atoms with Crippen LogP contribution < -0.4 is 15.0 Å². The number of nitrogens with zero attached hydrogens (tertiary/aromatic N) is 1. The Morgan fingerprint density at radius 2 is 2.00 bits per heavy atom. The van der Waals surface area contributed by atoms with Crippen LogP contribution in [0.2, 0.25) is 0 Å². The van der Waals surface area contributed by atoms with E-state index in [0.29, 0.717) is 0 Å². The Kier molecular flexibility index (Phi) is 4.49. The SMILES string of the molecule is C=C(Oc1c(C)cc2c3c1CCCN3CCC2)C1=C(CC)NCCC1. The fraction of sp³-hybridized carbons (Fsp3) is 0.545. The van der Waals surface area contributed by atoms with E-state index < -0.39 is 0 Å². The summed E-state index contributed by atoms with van der Waals surface area (Å²) in [4.78, 5) is 2.58. The van der Waals surface area contributed by atoms with Crippen molar-refractivity contribution in [2.24, 2.45) is 0 Å². The van der Waals surface area contributed by atoms with Crippen molar-refractivity contribution in [2.75, 3.05) is 24.5 Å². The highest BCUT2D eigenvalue weighted by molar-refractivity contribution is 5.69. The molecule has 25 heavy (non-hydrogen) atoms. The Bertz CT molecular complexity index is 730. The molecule has 0 saturated heterocycles. The van der Waals surface area contributed by atoms with E-state index >= 15 is 0 Å². The zero-order chi connectivity index (χ0) is 17.4. The van der Waals surface area contributed by atoms with Gasteiger partial charge in [-0.25, -0.2) is 0 Å². The first kappa shape index (κ1) is 16.6. The van der Waals surface area contributed by atoms with Gasteiger partial charge in [0.15, 0.2) is 0 Å². The highest BCUT2D eigenvalue weighted by Gasteiger charge is 2.28. The first-order valence-electron chi connectivity index (χ1n) is 9.92. The lowest BCUT2D eigenvalue weighted by atomic mass is 9.89. The predicted octanol–water partition coefficient (Wildman–Crippen LogP) is 4.63. The van der Waals surface area contributed by atoms with E-state index in [4.69, 9.17) is 4.74 Å². The lowest BCUT2D eigenvalue weighted by molar-refractivity contribution is 0.415. The van der Waals surface area contributed by atoms with Crippen molar-refractivity contribution in [1.29, 1.82) is 0 Å². The van der Waals surface area contributed by atoms with E-state index in [1.54, 1.807) is 0 Å². The number of nitrogens with one attached hydrogen (secondary N) is 1. The molecule has 0 unspecified atom stereocenters. The normalized spacial score (nSPS) is 19.4. The second-order valence-electron chi connectivity index (χ2n) is 7.57. The molecule has 3 nitrogen and oxygen atoms in total. The Labute approximate surface area is 151 Å². The maximum atomic E-state index is 6.47. The van der Waals surface area contributed by atoms with Gasteiger partial charge in [0.25, 0.3) is 0 Å². The average Bonchev–Trinajstić information content (AvgIpc) is 2.65. The number of rotatable bonds is 4. The number of hydrogen-bond donors (Lipinski definition) is 1. The van der Waals surface area contributed by atoms with Gasteiger partial charge < -0.3 is 15.0 Å². The summed E-state index contributed by atoms with van der Waals surface area (Å²) in [5, 5.41) is 3.53. The van der Waals surface area contributed by atoms with Gasteiger partial charge in [-0.05, 0) is 63.0 Å². The second-order valence-corrected chi connectivity index (χ2v) is 7.57. The minimum absolute atomic E-state index is 0.844. The van der Waals surface area contributed by atoms with Crippen molar-refractivity contribution < 1.29 is 4.74 Å². The molecule has 0 saturated carbocycles. The van der Waals surface area contributed by atoms with Gasteiger partial charge in [0.1, 0.15) is 11.5 Å². The number of anilines is 1. The van der Waals surface area contributed by atoms with Gasteiger partial charge in [0.2, 0.25) is 0 Å². The Morgan fingerprint density at radius 1 is 1.20 bits per heavy atom. The van der Waals surface area contributed by atoms with Gasteiger partial charge in [0.05, 0.1) is 0 Å². The zero-order valence-corrected chi connectivity index (χ0v) is 15.7. The molecule has 3 heterocycles. The van der Waals surface area contributed by atoms with E-state index in [0.717, 1.165) is 43.7 Å². The van der Waals surface area contributed by atoms with Crippen LogP contribution in [0.5, 0.6) is 5.75 Å². The second kappa shape index (κ2) is 6.78. The number of allylic oxidation sites excluding steroid dienone is 2. The summed E-state index contributed by atoms with van der Waals surface area (Å²) in [5.74, 6) is 1.92. The maximum absolute atomic E-state index is 6.47. The van der Waals surface area contributed by atoms with Crippen LogP contribution in [0.3, 0.4) is 0 Å². The molecule has 0 bridgehead atoms. The highest BCUT2D eigenvalue weighted by atomic mass is 16.5. The summed E-state index contributed by atoms with van der Waals surface area (Å²) in [6.07, 6.45) is 8.07. The average molecular weight is 338 g/mol. The van der Waals surface area contributed by atoms with Crippen LogP contribution in [-0.2, 0) is 12.8 Å². The molecular weight excluding hydrogens is 308 g/mol. The van der Waals surface area contributed by atoms with Crippen LogP contribution in [0, 0.1) is 6.92 Å². The van der Waals surface area contributed by atoms with Crippen molar-refractivity contribution in [3.8, 4) is 5.75 Å². The topological polar surface area (TPSA) is 24.5 Å². The molecule has 3 aliphatic heterocycles. The molecule has 4 rings (SSSR count). The van der Waals surface area contributed by atoms with Gasteiger partial charge in [0, 0.05) is 42.2 Å². The molecule has 3 heteroatoms. The molecule has 1 aromatic carbocycles. The third-order valence-corrected chi connectivity index (χ3v) is 5.88. The molecule has 0 spiro atoms. The predicted molar refractivity (Wildman–Crippen MR) is 104 cm³/mol. The van der Waals surface area contributed by atoms with Crippen molar-refractivity contribution in [2.45, 2.75) is 58.8 Å². The smallest absolute Gasteiger partial charge is 0.135 e. The third-order valence-electron chi connectivity index (χ3n) is 5.88. The summed E-state index contributed by atoms with van der Waals surface area (Å²) < 4.78 is 6.47. The van der Waals surface area contributed by atoms with Crippen LogP contribution in [-0.4, -0.2) is 19.6 Å². The zero-order valence-electron chi connectivity index (χ0n) is 15.7. The van der Waals surface area contributed by atoms with Gasteiger partial charge in [-0.3, -0.25) is 0 Å². The van der Waals surface area contributed by atoms with E-state index in [1.807, 2.05) is 0 Å². The molecule has 0 amide bonds. The van der Waals surface area contributed by atoms with Crippen LogP contribution in [0.25, 0.3) is 0 Å². The molecule has 0 radical (unpaired) electrons. The minimum Gasteiger partial charge on any atom is -0.457 e. The molecular formula is C22H30N2O. The Balaban J connectivity index is 1.70. The quantitative estimate of drug-likeness (QED) is 0.810. The molecule has 0 aromatic heterocycles. The lowest BCUT2D eigenvalue weighted by Crippen LogP contribution is -2.34. The molecule has 1 N–H and O–H groups in total. The van der Waals surface area contributed by atoms with E-state index in [-0.39, 0.29) is 0 Å². The molecule has 3 aliphatic rings. The Morgan fingerprint density at radius 3 is 2.80 bits per heavy atom. The summed E-state index contributed by atoms with van der Waals surface area (Å²) in [7, 11) is 0. The first-order valence-corrected chi connectivity index (χ1v) is 9.92. The van der Waals surface area contributed by atoms with Crippen LogP contribution >= 0.6 is 0 Å². The standard InChI is InChI=1S/C22H30N2O/c1-4-20-18(9-5-11-23-20)16(3)25-22-15(2)14-17-8-6-12-24-13-7-10-19(22)21(17)24/h14,23H,3-13H2,1-2H3. The summed E-state index contributed by atoms with van der Waals surface area (Å²) >= 11 is 0. The fourth-order valence-corrected chi connectivity index (χ4v) is 4.73. The van der Waals surface area contributed by atoms with Gasteiger partial charge in [-0.2, -0.15) is 0 Å². The largest absolute Gasteiger partial charge is 0.457 e. The van der Waals surface area contributed by atoms with E-state index in [1.165, 1.54) is 66.0 Å². The van der Waals surface area contributed by atoms with Gasteiger partial charge >= 0.3 is 0 Å². The van der Waals surface area contributed by atoms with Crippen LogP contribution in [0.1, 0.15) is 55.7 Å². The van der Waals surface area contributed by atoms with Gasteiger partial charge in [-0.15, -0.1) is 0 Å². The third kappa shape index (κ3) is 2.94. The monoisotopic (exact) mass is 338 g/mol. The van der Waals surface area contributed by atoms with E-state index in [9.17, 15) is 0 Å². The van der Waals surface area contributed by atoms with Crippen molar-refractivity contribution in [3.63, 3.8) is 0 Å². The molecule has 0 atom stereocenters. The lowest BCUT2D eigenvalue weighted by Gasteiger charge is -2.38. The molecule has 0 aliphatic carbocycles. The summed E-state index contributed by atoms with van der Waals surface area (Å²) in [6.45, 7) is 12.2. The Hall–Kier alpha value is -1.90. The van der Waals surface area contributed by atoms with Crippen molar-refractivity contribution >= 4 is 5.69 Å². The van der Waals surface area contributed by atoms with Crippen molar-refractivity contribution in [3.05, 3.63) is 46.4 Å². The highest BCUT2D eigenvalue weighted by Crippen LogP contribution is 2.43. The number of benzene rings is 1. The number of ether oxygens (including phenoxy) is 1. The number of hydrogen-bond acceptors (Lipinski definition) is 3. The summed E-state index contributed by atoms with van der Waals surface area (Å²) in [6, 6.07) is 2.35. The molecule has 134 valence electrons. The molecule has 0 fully saturated rings. The van der Waals surface area contributed by atoms with Crippen LogP contribution in [0.15, 0.2) is 29.7 Å². The maximum Gasteiger partial charge on any atom is 0.135 e. The molecule has 1 aromatic rings. The first-order chi connectivity index (χ1) is 12.2. The number of aryl methyl sites for hydroxylation is 2. The van der Waals surface area contributed by atoms with Crippen molar-refractivity contribution in [1.82, 2.24) is 5.32 Å². The van der Waals surface area contributed by atoms with E-state index in [2.05, 4.69) is 36.7 Å². The minimum atomic E-state index is 0.844. The van der Waals surface area contributed by atoms with Crippen LogP contribution in [0.4, 0.5) is 5.69 Å². The van der Waals surface area contributed by atoms with Gasteiger partial charge in [-0.1, -0.05) is 19.6 Å². The fourth-order valence-electron chi connectivity index (χ4n) is 4.73.